The van der Waals surface area contributed by atoms with Crippen LogP contribution in [0.1, 0.15) is 30.0 Å². The smallest absolute Gasteiger partial charge is 0.141 e. The SMILES string of the molecule is CCc1ccc(CC(=O)C2CC2C)s1. The zero-order valence-electron chi connectivity index (χ0n) is 8.75. The lowest BCUT2D eigenvalue weighted by Crippen LogP contribution is -2.04. The normalized spacial score (nSPS) is 25.0. The molecule has 1 aliphatic carbocycles. The molecule has 0 bridgehead atoms. The van der Waals surface area contributed by atoms with E-state index in [-0.39, 0.29) is 0 Å². The number of thiophene rings is 1. The number of rotatable bonds is 4. The van der Waals surface area contributed by atoms with Crippen molar-refractivity contribution in [3.8, 4) is 0 Å². The molecule has 2 atom stereocenters. The monoisotopic (exact) mass is 208 g/mol. The van der Waals surface area contributed by atoms with E-state index in [1.165, 1.54) is 9.75 Å². The third-order valence-corrected chi connectivity index (χ3v) is 4.17. The largest absolute Gasteiger partial charge is 0.299 e. The van der Waals surface area contributed by atoms with E-state index in [0.29, 0.717) is 24.0 Å². The van der Waals surface area contributed by atoms with Crippen molar-refractivity contribution in [2.45, 2.75) is 33.1 Å². The number of ketones is 1. The molecule has 14 heavy (non-hydrogen) atoms. The van der Waals surface area contributed by atoms with Crippen LogP contribution in [0.5, 0.6) is 0 Å². The Kier molecular flexibility index (Phi) is 2.73. The number of aryl methyl sites for hydroxylation is 1. The number of carbonyl (C=O) groups is 1. The summed E-state index contributed by atoms with van der Waals surface area (Å²) in [7, 11) is 0. The minimum absolute atomic E-state index is 0.377. The molecule has 1 fully saturated rings. The topological polar surface area (TPSA) is 17.1 Å². The highest BCUT2D eigenvalue weighted by Gasteiger charge is 2.38. The van der Waals surface area contributed by atoms with E-state index in [1.807, 2.05) is 0 Å². The highest BCUT2D eigenvalue weighted by atomic mass is 32.1. The van der Waals surface area contributed by atoms with E-state index in [1.54, 1.807) is 11.3 Å². The maximum atomic E-state index is 11.7. The van der Waals surface area contributed by atoms with E-state index < -0.39 is 0 Å². The second kappa shape index (κ2) is 3.85. The van der Waals surface area contributed by atoms with Crippen LogP contribution >= 0.6 is 11.3 Å². The van der Waals surface area contributed by atoms with Crippen molar-refractivity contribution in [2.75, 3.05) is 0 Å². The maximum absolute atomic E-state index is 11.7. The van der Waals surface area contributed by atoms with Crippen LogP contribution in [-0.2, 0) is 17.6 Å². The molecule has 0 aromatic carbocycles. The van der Waals surface area contributed by atoms with Gasteiger partial charge in [0.2, 0.25) is 0 Å². The lowest BCUT2D eigenvalue weighted by molar-refractivity contribution is -0.119. The predicted molar refractivity (Wildman–Crippen MR) is 59.7 cm³/mol. The van der Waals surface area contributed by atoms with Gasteiger partial charge < -0.3 is 0 Å². The molecule has 0 N–H and O–H groups in total. The number of hydrogen-bond donors (Lipinski definition) is 0. The van der Waals surface area contributed by atoms with Crippen LogP contribution in [-0.4, -0.2) is 5.78 Å². The second-order valence-electron chi connectivity index (χ2n) is 4.18. The van der Waals surface area contributed by atoms with Crippen LogP contribution in [0.25, 0.3) is 0 Å². The summed E-state index contributed by atoms with van der Waals surface area (Å²) in [5.74, 6) is 1.47. The van der Waals surface area contributed by atoms with E-state index in [4.69, 9.17) is 0 Å². The summed E-state index contributed by atoms with van der Waals surface area (Å²) in [5, 5.41) is 0. The highest BCUT2D eigenvalue weighted by molar-refractivity contribution is 7.12. The molecular weight excluding hydrogens is 192 g/mol. The van der Waals surface area contributed by atoms with Crippen molar-refractivity contribution in [1.82, 2.24) is 0 Å². The maximum Gasteiger partial charge on any atom is 0.141 e. The van der Waals surface area contributed by atoms with Gasteiger partial charge in [0.05, 0.1) is 0 Å². The summed E-state index contributed by atoms with van der Waals surface area (Å²) >= 11 is 1.79. The number of carbonyl (C=O) groups excluding carboxylic acids is 1. The van der Waals surface area contributed by atoms with Gasteiger partial charge in [0.15, 0.2) is 0 Å². The molecule has 2 unspecified atom stereocenters. The van der Waals surface area contributed by atoms with E-state index >= 15 is 0 Å². The Bertz CT molecular complexity index is 340. The first-order chi connectivity index (χ1) is 6.70. The van der Waals surface area contributed by atoms with Crippen LogP contribution in [0.4, 0.5) is 0 Å². The van der Waals surface area contributed by atoms with Gasteiger partial charge in [0.25, 0.3) is 0 Å². The summed E-state index contributed by atoms with van der Waals surface area (Å²) in [6.45, 7) is 4.31. The molecule has 1 aliphatic rings. The first-order valence-electron chi connectivity index (χ1n) is 5.31. The van der Waals surface area contributed by atoms with Gasteiger partial charge in [0.1, 0.15) is 5.78 Å². The minimum Gasteiger partial charge on any atom is -0.299 e. The van der Waals surface area contributed by atoms with Crippen LogP contribution in [0, 0.1) is 11.8 Å². The molecule has 2 rings (SSSR count). The molecule has 0 spiro atoms. The van der Waals surface area contributed by atoms with Gasteiger partial charge in [-0.25, -0.2) is 0 Å². The summed E-state index contributed by atoms with van der Waals surface area (Å²) in [4.78, 5) is 14.3. The molecule has 0 amide bonds. The lowest BCUT2D eigenvalue weighted by atomic mass is 10.1. The minimum atomic E-state index is 0.377. The van der Waals surface area contributed by atoms with Crippen molar-refractivity contribution in [3.05, 3.63) is 21.9 Å². The molecule has 1 heterocycles. The van der Waals surface area contributed by atoms with Gasteiger partial charge in [-0.3, -0.25) is 4.79 Å². The summed E-state index contributed by atoms with van der Waals surface area (Å²) in [6.07, 6.45) is 2.86. The molecule has 1 saturated carbocycles. The highest BCUT2D eigenvalue weighted by Crippen LogP contribution is 2.39. The third-order valence-electron chi connectivity index (χ3n) is 2.94. The number of hydrogen-bond acceptors (Lipinski definition) is 2. The van der Waals surface area contributed by atoms with Crippen LogP contribution in [0.15, 0.2) is 12.1 Å². The Morgan fingerprint density at radius 1 is 1.50 bits per heavy atom. The molecule has 1 nitrogen and oxygen atoms in total. The van der Waals surface area contributed by atoms with Crippen LogP contribution in [0.3, 0.4) is 0 Å². The Hall–Kier alpha value is -0.630. The summed E-state index contributed by atoms with van der Waals surface area (Å²) in [5.41, 5.74) is 0. The standard InChI is InChI=1S/C12H16OS/c1-3-9-4-5-10(14-9)7-12(13)11-6-8(11)2/h4-5,8,11H,3,6-7H2,1-2H3. The Morgan fingerprint density at radius 3 is 2.64 bits per heavy atom. The summed E-state index contributed by atoms with van der Waals surface area (Å²) in [6, 6.07) is 4.25. The van der Waals surface area contributed by atoms with Crippen molar-refractivity contribution in [2.24, 2.45) is 11.8 Å². The first kappa shape index (κ1) is 9.91. The molecule has 0 aliphatic heterocycles. The van der Waals surface area contributed by atoms with Gasteiger partial charge in [-0.2, -0.15) is 0 Å². The van der Waals surface area contributed by atoms with Crippen molar-refractivity contribution >= 4 is 17.1 Å². The van der Waals surface area contributed by atoms with E-state index in [2.05, 4.69) is 26.0 Å². The fourth-order valence-corrected chi connectivity index (χ4v) is 2.75. The van der Waals surface area contributed by atoms with Gasteiger partial charge >= 0.3 is 0 Å². The average molecular weight is 208 g/mol. The molecular formula is C12H16OS. The first-order valence-corrected chi connectivity index (χ1v) is 6.12. The average Bonchev–Trinajstić information content (AvgIpc) is 2.74. The Labute approximate surface area is 89.1 Å². The zero-order valence-corrected chi connectivity index (χ0v) is 9.56. The van der Waals surface area contributed by atoms with Crippen molar-refractivity contribution in [1.29, 1.82) is 0 Å². The summed E-state index contributed by atoms with van der Waals surface area (Å²) < 4.78 is 0. The molecule has 0 radical (unpaired) electrons. The van der Waals surface area contributed by atoms with Crippen molar-refractivity contribution in [3.63, 3.8) is 0 Å². The van der Waals surface area contributed by atoms with Gasteiger partial charge in [-0.05, 0) is 30.9 Å². The lowest BCUT2D eigenvalue weighted by Gasteiger charge is -1.95. The van der Waals surface area contributed by atoms with Gasteiger partial charge in [-0.1, -0.05) is 13.8 Å². The van der Waals surface area contributed by atoms with E-state index in [0.717, 1.165) is 12.8 Å². The number of Topliss-reactive ketones (excluding diaryl/α,β-unsaturated/α-hetero) is 1. The molecule has 1 aromatic rings. The molecule has 0 saturated heterocycles. The van der Waals surface area contributed by atoms with Gasteiger partial charge in [-0.15, -0.1) is 11.3 Å². The quantitative estimate of drug-likeness (QED) is 0.743. The van der Waals surface area contributed by atoms with Gasteiger partial charge in [0, 0.05) is 22.1 Å². The Morgan fingerprint density at radius 2 is 2.14 bits per heavy atom. The molecule has 76 valence electrons. The fraction of sp³-hybridized carbons (Fsp3) is 0.583. The fourth-order valence-electron chi connectivity index (χ4n) is 1.78. The van der Waals surface area contributed by atoms with Crippen molar-refractivity contribution < 1.29 is 4.79 Å². The third kappa shape index (κ3) is 2.06. The molecule has 1 aromatic heterocycles. The Balaban J connectivity index is 1.93. The second-order valence-corrected chi connectivity index (χ2v) is 5.44. The van der Waals surface area contributed by atoms with E-state index in [9.17, 15) is 4.79 Å². The van der Waals surface area contributed by atoms with Crippen LogP contribution in [0.2, 0.25) is 0 Å². The zero-order chi connectivity index (χ0) is 10.1. The molecule has 2 heteroatoms. The van der Waals surface area contributed by atoms with Crippen LogP contribution < -0.4 is 0 Å². The predicted octanol–water partition coefficient (Wildman–Crippen LogP) is 3.08.